The maximum atomic E-state index is 11.4. The number of aromatic amines is 1. The number of imidazole rings is 1. The van der Waals surface area contributed by atoms with Crippen LogP contribution in [0.3, 0.4) is 0 Å². The molecule has 21 heavy (non-hydrogen) atoms. The monoisotopic (exact) mass is 278 g/mol. The summed E-state index contributed by atoms with van der Waals surface area (Å²) >= 11 is 0. The Balaban J connectivity index is 1.87. The smallest absolute Gasteiger partial charge is 0.210 e. The summed E-state index contributed by atoms with van der Waals surface area (Å²) in [6.45, 7) is 0.678. The zero-order chi connectivity index (χ0) is 14.2. The summed E-state index contributed by atoms with van der Waals surface area (Å²) in [7, 11) is 0. The van der Waals surface area contributed by atoms with Gasteiger partial charge in [-0.2, -0.15) is 0 Å². The number of rotatable bonds is 2. The first kappa shape index (κ1) is 12.1. The number of amides is 1. The second kappa shape index (κ2) is 4.70. The van der Waals surface area contributed by atoms with Gasteiger partial charge in [0.15, 0.2) is 0 Å². The Labute approximate surface area is 121 Å². The van der Waals surface area contributed by atoms with Gasteiger partial charge in [-0.25, -0.2) is 4.98 Å². The number of carbonyl (C=O) groups is 1. The number of pyridine rings is 1. The predicted molar refractivity (Wildman–Crippen MR) is 78.6 cm³/mol. The van der Waals surface area contributed by atoms with Gasteiger partial charge in [-0.3, -0.25) is 9.78 Å². The van der Waals surface area contributed by atoms with Gasteiger partial charge in [0.25, 0.3) is 0 Å². The fraction of sp³-hybridized carbons (Fsp3) is 0.188. The number of para-hydroxylation sites is 1. The van der Waals surface area contributed by atoms with E-state index in [1.54, 1.807) is 11.2 Å². The van der Waals surface area contributed by atoms with E-state index in [-0.39, 0.29) is 6.04 Å². The minimum atomic E-state index is -0.206. The second-order valence-corrected chi connectivity index (χ2v) is 5.19. The number of hydrogen-bond donors (Lipinski definition) is 1. The number of hydrogen-bond acceptors (Lipinski definition) is 3. The van der Waals surface area contributed by atoms with Crippen LogP contribution in [-0.2, 0) is 11.2 Å². The van der Waals surface area contributed by atoms with Crippen LogP contribution < -0.4 is 0 Å². The largest absolute Gasteiger partial charge is 0.348 e. The molecule has 0 saturated carbocycles. The standard InChI is InChI=1S/C16H14N4O/c21-10-20-8-7-13-15(18-9-17-13)16(20)14-6-5-11-3-1-2-4-12(11)19-14/h1-6,9-10,16H,7-8H2,(H,17,18). The molecule has 3 heterocycles. The van der Waals surface area contributed by atoms with Gasteiger partial charge in [0.05, 0.1) is 23.2 Å². The molecule has 4 rings (SSSR count). The Bertz CT molecular complexity index is 811. The summed E-state index contributed by atoms with van der Waals surface area (Å²) in [4.78, 5) is 25.4. The van der Waals surface area contributed by atoms with E-state index in [1.165, 1.54) is 0 Å². The lowest BCUT2D eigenvalue weighted by molar-refractivity contribution is -0.120. The number of fused-ring (bicyclic) bond motifs is 2. The first-order chi connectivity index (χ1) is 10.4. The molecule has 0 spiro atoms. The molecule has 1 amide bonds. The highest BCUT2D eigenvalue weighted by Crippen LogP contribution is 2.31. The maximum absolute atomic E-state index is 11.4. The normalized spacial score (nSPS) is 17.7. The first-order valence-electron chi connectivity index (χ1n) is 6.95. The maximum Gasteiger partial charge on any atom is 0.210 e. The Hall–Kier alpha value is -2.69. The zero-order valence-corrected chi connectivity index (χ0v) is 11.4. The summed E-state index contributed by atoms with van der Waals surface area (Å²) in [5.74, 6) is 0. The molecule has 1 atom stereocenters. The molecular weight excluding hydrogens is 264 g/mol. The van der Waals surface area contributed by atoms with Gasteiger partial charge in [0.1, 0.15) is 6.04 Å². The Morgan fingerprint density at radius 1 is 1.24 bits per heavy atom. The minimum absolute atomic E-state index is 0.206. The van der Waals surface area contributed by atoms with Crippen molar-refractivity contribution >= 4 is 17.3 Å². The van der Waals surface area contributed by atoms with Crippen LogP contribution in [0.15, 0.2) is 42.7 Å². The highest BCUT2D eigenvalue weighted by molar-refractivity contribution is 5.78. The number of benzene rings is 1. The summed E-state index contributed by atoms with van der Waals surface area (Å²) in [6, 6.07) is 11.8. The number of carbonyl (C=O) groups excluding carboxylic acids is 1. The van der Waals surface area contributed by atoms with Crippen molar-refractivity contribution in [1.29, 1.82) is 0 Å². The van der Waals surface area contributed by atoms with Gasteiger partial charge in [-0.15, -0.1) is 0 Å². The van der Waals surface area contributed by atoms with Crippen LogP contribution in [0.5, 0.6) is 0 Å². The summed E-state index contributed by atoms with van der Waals surface area (Å²) in [5.41, 5.74) is 3.78. The highest BCUT2D eigenvalue weighted by atomic mass is 16.1. The molecule has 0 fully saturated rings. The molecule has 5 nitrogen and oxygen atoms in total. The van der Waals surface area contributed by atoms with E-state index in [1.807, 2.05) is 36.4 Å². The number of nitrogens with zero attached hydrogens (tertiary/aromatic N) is 3. The molecule has 0 bridgehead atoms. The lowest BCUT2D eigenvalue weighted by Gasteiger charge is -2.31. The van der Waals surface area contributed by atoms with E-state index in [4.69, 9.17) is 4.98 Å². The highest BCUT2D eigenvalue weighted by Gasteiger charge is 2.31. The molecule has 2 aromatic heterocycles. The van der Waals surface area contributed by atoms with Crippen LogP contribution in [0.1, 0.15) is 23.1 Å². The average molecular weight is 278 g/mol. The molecule has 0 saturated heterocycles. The van der Waals surface area contributed by atoms with E-state index in [0.717, 1.165) is 40.8 Å². The molecule has 1 aliphatic heterocycles. The third kappa shape index (κ3) is 1.89. The SMILES string of the molecule is O=CN1CCc2[nH]cnc2C1c1ccc2ccccc2n1. The fourth-order valence-electron chi connectivity index (χ4n) is 2.95. The van der Waals surface area contributed by atoms with Gasteiger partial charge < -0.3 is 9.88 Å². The van der Waals surface area contributed by atoms with E-state index >= 15 is 0 Å². The van der Waals surface area contributed by atoms with Crippen LogP contribution in [0.2, 0.25) is 0 Å². The van der Waals surface area contributed by atoms with E-state index < -0.39 is 0 Å². The minimum Gasteiger partial charge on any atom is -0.348 e. The quantitative estimate of drug-likeness (QED) is 0.730. The predicted octanol–water partition coefficient (Wildman–Crippen LogP) is 2.06. The van der Waals surface area contributed by atoms with Gasteiger partial charge >= 0.3 is 0 Å². The third-order valence-electron chi connectivity index (χ3n) is 4.00. The van der Waals surface area contributed by atoms with Crippen molar-refractivity contribution in [1.82, 2.24) is 19.9 Å². The van der Waals surface area contributed by atoms with E-state index in [9.17, 15) is 4.79 Å². The zero-order valence-electron chi connectivity index (χ0n) is 11.4. The van der Waals surface area contributed by atoms with Crippen molar-refractivity contribution in [2.75, 3.05) is 6.54 Å². The van der Waals surface area contributed by atoms with Crippen molar-refractivity contribution in [3.63, 3.8) is 0 Å². The van der Waals surface area contributed by atoms with Crippen LogP contribution >= 0.6 is 0 Å². The molecule has 1 aromatic carbocycles. The molecule has 0 radical (unpaired) electrons. The number of H-pyrrole nitrogens is 1. The average Bonchev–Trinajstić information content (AvgIpc) is 3.02. The molecule has 1 N–H and O–H groups in total. The summed E-state index contributed by atoms with van der Waals surface area (Å²) in [5, 5.41) is 1.09. The molecule has 5 heteroatoms. The molecular formula is C16H14N4O. The Kier molecular flexibility index (Phi) is 2.70. The van der Waals surface area contributed by atoms with Gasteiger partial charge in [0.2, 0.25) is 6.41 Å². The molecule has 1 aliphatic rings. The summed E-state index contributed by atoms with van der Waals surface area (Å²) < 4.78 is 0. The molecule has 1 unspecified atom stereocenters. The van der Waals surface area contributed by atoms with Crippen LogP contribution in [0.25, 0.3) is 10.9 Å². The lowest BCUT2D eigenvalue weighted by atomic mass is 9.99. The van der Waals surface area contributed by atoms with Gasteiger partial charge in [-0.1, -0.05) is 24.3 Å². The van der Waals surface area contributed by atoms with Crippen molar-refractivity contribution in [2.24, 2.45) is 0 Å². The van der Waals surface area contributed by atoms with Crippen molar-refractivity contribution in [2.45, 2.75) is 12.5 Å². The Morgan fingerprint density at radius 3 is 3.05 bits per heavy atom. The van der Waals surface area contributed by atoms with Crippen molar-refractivity contribution in [3.8, 4) is 0 Å². The fourth-order valence-corrected chi connectivity index (χ4v) is 2.95. The van der Waals surface area contributed by atoms with Crippen LogP contribution in [0, 0.1) is 0 Å². The van der Waals surface area contributed by atoms with Gasteiger partial charge in [0, 0.05) is 24.0 Å². The van der Waals surface area contributed by atoms with Crippen LogP contribution in [-0.4, -0.2) is 32.8 Å². The summed E-state index contributed by atoms with van der Waals surface area (Å²) in [6.07, 6.45) is 3.38. The Morgan fingerprint density at radius 2 is 2.14 bits per heavy atom. The van der Waals surface area contributed by atoms with E-state index in [2.05, 4.69) is 9.97 Å². The van der Waals surface area contributed by atoms with E-state index in [0.29, 0.717) is 6.54 Å². The number of nitrogens with one attached hydrogen (secondary N) is 1. The first-order valence-corrected chi connectivity index (χ1v) is 6.95. The lowest BCUT2D eigenvalue weighted by Crippen LogP contribution is -2.35. The third-order valence-corrected chi connectivity index (χ3v) is 4.00. The molecule has 104 valence electrons. The van der Waals surface area contributed by atoms with Crippen LogP contribution in [0.4, 0.5) is 0 Å². The topological polar surface area (TPSA) is 61.9 Å². The molecule has 3 aromatic rings. The second-order valence-electron chi connectivity index (χ2n) is 5.19. The molecule has 0 aliphatic carbocycles. The van der Waals surface area contributed by atoms with Gasteiger partial charge in [-0.05, 0) is 12.1 Å². The van der Waals surface area contributed by atoms with Crippen molar-refractivity contribution in [3.05, 3.63) is 59.8 Å². The number of aromatic nitrogens is 3. The van der Waals surface area contributed by atoms with Crippen molar-refractivity contribution < 1.29 is 4.79 Å².